The number of aromatic nitrogens is 1. The summed E-state index contributed by atoms with van der Waals surface area (Å²) >= 11 is 1.59. The fraction of sp³-hybridized carbons (Fsp3) is 0.400. The number of likely N-dealkylation sites (N-methyl/N-ethyl adjacent to an activating group) is 1. The van der Waals surface area contributed by atoms with Gasteiger partial charge in [0.2, 0.25) is 0 Å². The van der Waals surface area contributed by atoms with Crippen LogP contribution in [0.5, 0.6) is 0 Å². The first-order valence-electron chi connectivity index (χ1n) is 6.92. The number of hydrogen-bond donors (Lipinski definition) is 1. The molecule has 1 aromatic heterocycles. The molecule has 2 heterocycles. The fourth-order valence-electron chi connectivity index (χ4n) is 2.44. The smallest absolute Gasteiger partial charge is 0.135 e. The SMILES string of the molecule is CN1CCN(Cc2ccc(-c3nc(N)cs3)cc2)CC1. The Hall–Kier alpha value is -1.43. The molecule has 0 spiro atoms. The Morgan fingerprint density at radius 3 is 2.45 bits per heavy atom. The van der Waals surface area contributed by atoms with Gasteiger partial charge in [-0.2, -0.15) is 0 Å². The Labute approximate surface area is 123 Å². The molecule has 0 radical (unpaired) electrons. The van der Waals surface area contributed by atoms with Crippen LogP contribution >= 0.6 is 11.3 Å². The minimum atomic E-state index is 0.603. The fourth-order valence-corrected chi connectivity index (χ4v) is 3.15. The molecular formula is C15H20N4S. The summed E-state index contributed by atoms with van der Waals surface area (Å²) in [5.74, 6) is 0.603. The maximum Gasteiger partial charge on any atom is 0.135 e. The van der Waals surface area contributed by atoms with Crippen LogP contribution in [-0.2, 0) is 6.54 Å². The van der Waals surface area contributed by atoms with Gasteiger partial charge in [0.1, 0.15) is 10.8 Å². The third kappa shape index (κ3) is 3.17. The van der Waals surface area contributed by atoms with Gasteiger partial charge >= 0.3 is 0 Å². The highest BCUT2D eigenvalue weighted by Crippen LogP contribution is 2.25. The molecule has 0 amide bonds. The molecule has 1 aliphatic heterocycles. The summed E-state index contributed by atoms with van der Waals surface area (Å²) in [7, 11) is 2.19. The first-order chi connectivity index (χ1) is 9.70. The van der Waals surface area contributed by atoms with E-state index in [9.17, 15) is 0 Å². The van der Waals surface area contributed by atoms with E-state index in [0.29, 0.717) is 5.82 Å². The molecule has 5 heteroatoms. The average Bonchev–Trinajstić information content (AvgIpc) is 2.89. The average molecular weight is 288 g/mol. The molecule has 2 N–H and O–H groups in total. The van der Waals surface area contributed by atoms with Crippen LogP contribution in [-0.4, -0.2) is 48.0 Å². The molecule has 20 heavy (non-hydrogen) atoms. The lowest BCUT2D eigenvalue weighted by molar-refractivity contribution is 0.148. The number of anilines is 1. The normalized spacial score (nSPS) is 17.4. The number of nitrogens with two attached hydrogens (primary N) is 1. The van der Waals surface area contributed by atoms with Gasteiger partial charge in [-0.3, -0.25) is 4.90 Å². The Morgan fingerprint density at radius 2 is 1.85 bits per heavy atom. The first kappa shape index (κ1) is 13.5. The number of hydrogen-bond acceptors (Lipinski definition) is 5. The van der Waals surface area contributed by atoms with Gasteiger partial charge in [-0.25, -0.2) is 4.98 Å². The summed E-state index contributed by atoms with van der Waals surface area (Å²) < 4.78 is 0. The van der Waals surface area contributed by atoms with Crippen molar-refractivity contribution in [1.29, 1.82) is 0 Å². The van der Waals surface area contributed by atoms with Crippen LogP contribution in [0.15, 0.2) is 29.6 Å². The van der Waals surface area contributed by atoms with Crippen LogP contribution in [0.25, 0.3) is 10.6 Å². The van der Waals surface area contributed by atoms with E-state index in [1.165, 1.54) is 5.56 Å². The van der Waals surface area contributed by atoms with E-state index in [2.05, 4.69) is 46.1 Å². The second kappa shape index (κ2) is 5.91. The van der Waals surface area contributed by atoms with Gasteiger partial charge in [0, 0.05) is 43.7 Å². The Morgan fingerprint density at radius 1 is 1.15 bits per heavy atom. The molecule has 0 atom stereocenters. The highest BCUT2D eigenvalue weighted by Gasteiger charge is 2.13. The van der Waals surface area contributed by atoms with Crippen LogP contribution in [0, 0.1) is 0 Å². The van der Waals surface area contributed by atoms with Gasteiger partial charge in [-0.05, 0) is 12.6 Å². The minimum absolute atomic E-state index is 0.603. The summed E-state index contributed by atoms with van der Waals surface area (Å²) in [6.45, 7) is 5.67. The number of piperazine rings is 1. The van der Waals surface area contributed by atoms with Crippen molar-refractivity contribution in [2.75, 3.05) is 39.0 Å². The summed E-state index contributed by atoms with van der Waals surface area (Å²) in [5, 5.41) is 2.88. The van der Waals surface area contributed by atoms with E-state index in [4.69, 9.17) is 5.73 Å². The molecule has 0 bridgehead atoms. The lowest BCUT2D eigenvalue weighted by Crippen LogP contribution is -2.43. The Bertz CT molecular complexity index is 556. The molecule has 1 aromatic carbocycles. The quantitative estimate of drug-likeness (QED) is 0.940. The van der Waals surface area contributed by atoms with Crippen LogP contribution in [0.4, 0.5) is 5.82 Å². The largest absolute Gasteiger partial charge is 0.383 e. The second-order valence-corrected chi connectivity index (χ2v) is 6.21. The first-order valence-corrected chi connectivity index (χ1v) is 7.80. The molecule has 2 aromatic rings. The topological polar surface area (TPSA) is 45.4 Å². The zero-order valence-corrected chi connectivity index (χ0v) is 12.6. The molecular weight excluding hydrogens is 268 g/mol. The number of rotatable bonds is 3. The standard InChI is InChI=1S/C15H20N4S/c1-18-6-8-19(9-7-18)10-12-2-4-13(5-3-12)15-17-14(16)11-20-15/h2-5,11H,6-10,16H2,1H3. The van der Waals surface area contributed by atoms with E-state index in [-0.39, 0.29) is 0 Å². The molecule has 0 saturated carbocycles. The second-order valence-electron chi connectivity index (χ2n) is 5.35. The monoisotopic (exact) mass is 288 g/mol. The van der Waals surface area contributed by atoms with Crippen molar-refractivity contribution in [1.82, 2.24) is 14.8 Å². The van der Waals surface area contributed by atoms with E-state index in [0.717, 1.165) is 43.3 Å². The maximum atomic E-state index is 5.67. The van der Waals surface area contributed by atoms with Gasteiger partial charge in [-0.15, -0.1) is 11.3 Å². The van der Waals surface area contributed by atoms with Crippen molar-refractivity contribution < 1.29 is 0 Å². The lowest BCUT2D eigenvalue weighted by atomic mass is 10.1. The van der Waals surface area contributed by atoms with Gasteiger partial charge < -0.3 is 10.6 Å². The molecule has 4 nitrogen and oxygen atoms in total. The summed E-state index contributed by atoms with van der Waals surface area (Å²) in [6.07, 6.45) is 0. The van der Waals surface area contributed by atoms with Crippen LogP contribution in [0.1, 0.15) is 5.56 Å². The van der Waals surface area contributed by atoms with Crippen molar-refractivity contribution in [3.63, 3.8) is 0 Å². The minimum Gasteiger partial charge on any atom is -0.383 e. The third-order valence-corrected chi connectivity index (χ3v) is 4.63. The van der Waals surface area contributed by atoms with Crippen molar-refractivity contribution in [2.24, 2.45) is 0 Å². The summed E-state index contributed by atoms with van der Waals surface area (Å²) in [5.41, 5.74) is 8.18. The molecule has 106 valence electrons. The van der Waals surface area contributed by atoms with Gasteiger partial charge in [0.25, 0.3) is 0 Å². The zero-order valence-electron chi connectivity index (χ0n) is 11.7. The Balaban J connectivity index is 1.64. The predicted octanol–water partition coefficient (Wildman–Crippen LogP) is 2.14. The number of nitrogens with zero attached hydrogens (tertiary/aromatic N) is 3. The molecule has 1 aliphatic rings. The number of thiazole rings is 1. The van der Waals surface area contributed by atoms with Crippen molar-refractivity contribution in [3.05, 3.63) is 35.2 Å². The highest BCUT2D eigenvalue weighted by molar-refractivity contribution is 7.13. The van der Waals surface area contributed by atoms with E-state index >= 15 is 0 Å². The van der Waals surface area contributed by atoms with Crippen LogP contribution < -0.4 is 5.73 Å². The molecule has 3 rings (SSSR count). The van der Waals surface area contributed by atoms with Crippen molar-refractivity contribution in [2.45, 2.75) is 6.54 Å². The third-order valence-electron chi connectivity index (χ3n) is 3.72. The number of nitrogen functional groups attached to an aromatic ring is 1. The van der Waals surface area contributed by atoms with E-state index in [1.807, 2.05) is 5.38 Å². The van der Waals surface area contributed by atoms with Crippen molar-refractivity contribution >= 4 is 17.2 Å². The Kier molecular flexibility index (Phi) is 4.00. The molecule has 0 unspecified atom stereocenters. The van der Waals surface area contributed by atoms with E-state index in [1.54, 1.807) is 11.3 Å². The summed E-state index contributed by atoms with van der Waals surface area (Å²) in [4.78, 5) is 9.21. The van der Waals surface area contributed by atoms with Gasteiger partial charge in [0.15, 0.2) is 0 Å². The van der Waals surface area contributed by atoms with Crippen molar-refractivity contribution in [3.8, 4) is 10.6 Å². The van der Waals surface area contributed by atoms with Gasteiger partial charge in [-0.1, -0.05) is 24.3 Å². The predicted molar refractivity (Wildman–Crippen MR) is 84.7 cm³/mol. The highest BCUT2D eigenvalue weighted by atomic mass is 32.1. The van der Waals surface area contributed by atoms with Crippen LogP contribution in [0.3, 0.4) is 0 Å². The van der Waals surface area contributed by atoms with Crippen LogP contribution in [0.2, 0.25) is 0 Å². The molecule has 1 fully saturated rings. The molecule has 0 aliphatic carbocycles. The number of benzene rings is 1. The zero-order chi connectivity index (χ0) is 13.9. The van der Waals surface area contributed by atoms with Gasteiger partial charge in [0.05, 0.1) is 0 Å². The lowest BCUT2D eigenvalue weighted by Gasteiger charge is -2.32. The van der Waals surface area contributed by atoms with E-state index < -0.39 is 0 Å². The maximum absolute atomic E-state index is 5.67. The summed E-state index contributed by atoms with van der Waals surface area (Å²) in [6, 6.07) is 8.68. The molecule has 1 saturated heterocycles.